The predicted molar refractivity (Wildman–Crippen MR) is 87.1 cm³/mol. The van der Waals surface area contributed by atoms with Crippen LogP contribution in [0.25, 0.3) is 0 Å². The van der Waals surface area contributed by atoms with Gasteiger partial charge in [0.05, 0.1) is 18.8 Å². The highest BCUT2D eigenvalue weighted by atomic mass is 16.7. The molecule has 1 saturated carbocycles. The van der Waals surface area contributed by atoms with E-state index in [0.717, 1.165) is 37.2 Å². The molecule has 4 nitrogen and oxygen atoms in total. The Hall–Kier alpha value is -1.39. The molecule has 0 atom stereocenters. The monoisotopic (exact) mass is 318 g/mol. The molecule has 0 spiro atoms. The van der Waals surface area contributed by atoms with Crippen molar-refractivity contribution >= 4 is 5.97 Å². The SMILES string of the molecule is CC1CCC(OC(=O)c2ccc(C3OCC(C)CO3)cc2)CC1. The molecule has 3 rings (SSSR count). The molecule has 126 valence electrons. The largest absolute Gasteiger partial charge is 0.459 e. The third-order valence-corrected chi connectivity index (χ3v) is 4.72. The van der Waals surface area contributed by atoms with E-state index in [1.165, 1.54) is 0 Å². The van der Waals surface area contributed by atoms with E-state index >= 15 is 0 Å². The molecule has 1 saturated heterocycles. The highest BCUT2D eigenvalue weighted by molar-refractivity contribution is 5.89. The molecule has 0 amide bonds. The molecular weight excluding hydrogens is 292 g/mol. The number of esters is 1. The molecule has 1 aromatic rings. The highest BCUT2D eigenvalue weighted by Crippen LogP contribution is 2.27. The van der Waals surface area contributed by atoms with Gasteiger partial charge in [0.2, 0.25) is 0 Å². The van der Waals surface area contributed by atoms with E-state index in [0.29, 0.717) is 24.7 Å². The maximum Gasteiger partial charge on any atom is 0.338 e. The van der Waals surface area contributed by atoms with E-state index in [1.807, 2.05) is 12.1 Å². The van der Waals surface area contributed by atoms with Gasteiger partial charge in [0.15, 0.2) is 6.29 Å². The maximum absolute atomic E-state index is 12.2. The summed E-state index contributed by atoms with van der Waals surface area (Å²) in [6, 6.07) is 7.38. The number of hydrogen-bond acceptors (Lipinski definition) is 4. The number of carbonyl (C=O) groups excluding carboxylic acids is 1. The van der Waals surface area contributed by atoms with Crippen molar-refractivity contribution in [3.63, 3.8) is 0 Å². The summed E-state index contributed by atoms with van der Waals surface area (Å²) in [6.45, 7) is 5.76. The minimum absolute atomic E-state index is 0.0740. The first-order valence-corrected chi connectivity index (χ1v) is 8.66. The average molecular weight is 318 g/mol. The van der Waals surface area contributed by atoms with Crippen LogP contribution in [0.1, 0.15) is 61.7 Å². The first-order valence-electron chi connectivity index (χ1n) is 8.66. The number of rotatable bonds is 3. The molecule has 1 aromatic carbocycles. The third-order valence-electron chi connectivity index (χ3n) is 4.72. The van der Waals surface area contributed by atoms with Crippen molar-refractivity contribution in [3.8, 4) is 0 Å². The van der Waals surface area contributed by atoms with E-state index in [9.17, 15) is 4.79 Å². The number of benzene rings is 1. The van der Waals surface area contributed by atoms with Gasteiger partial charge in [-0.2, -0.15) is 0 Å². The third kappa shape index (κ3) is 4.33. The minimum atomic E-state index is -0.323. The van der Waals surface area contributed by atoms with Crippen LogP contribution in [0.5, 0.6) is 0 Å². The van der Waals surface area contributed by atoms with E-state index < -0.39 is 0 Å². The average Bonchev–Trinajstić information content (AvgIpc) is 2.58. The molecule has 2 aliphatic rings. The van der Waals surface area contributed by atoms with Gasteiger partial charge in [-0.25, -0.2) is 4.79 Å². The van der Waals surface area contributed by atoms with Crippen molar-refractivity contribution in [1.29, 1.82) is 0 Å². The van der Waals surface area contributed by atoms with Crippen molar-refractivity contribution in [2.24, 2.45) is 11.8 Å². The molecule has 0 N–H and O–H groups in total. The first-order chi connectivity index (χ1) is 11.1. The summed E-state index contributed by atoms with van der Waals surface area (Å²) >= 11 is 0. The topological polar surface area (TPSA) is 44.8 Å². The van der Waals surface area contributed by atoms with Crippen LogP contribution in [0.3, 0.4) is 0 Å². The summed E-state index contributed by atoms with van der Waals surface area (Å²) in [5.41, 5.74) is 1.54. The lowest BCUT2D eigenvalue weighted by Gasteiger charge is -2.27. The normalized spacial score (nSPS) is 31.6. The molecule has 23 heavy (non-hydrogen) atoms. The van der Waals surface area contributed by atoms with Crippen LogP contribution in [-0.4, -0.2) is 25.3 Å². The first kappa shape index (κ1) is 16.5. The Morgan fingerprint density at radius 1 is 0.957 bits per heavy atom. The van der Waals surface area contributed by atoms with E-state index in [4.69, 9.17) is 14.2 Å². The Morgan fingerprint density at radius 2 is 1.57 bits per heavy atom. The van der Waals surface area contributed by atoms with Gasteiger partial charge < -0.3 is 14.2 Å². The van der Waals surface area contributed by atoms with Gasteiger partial charge >= 0.3 is 5.97 Å². The molecule has 0 bridgehead atoms. The minimum Gasteiger partial charge on any atom is -0.459 e. The second-order valence-corrected chi connectivity index (χ2v) is 7.01. The van der Waals surface area contributed by atoms with Crippen molar-refractivity contribution < 1.29 is 19.0 Å². The van der Waals surface area contributed by atoms with Crippen molar-refractivity contribution in [3.05, 3.63) is 35.4 Å². The summed E-state index contributed by atoms with van der Waals surface area (Å²) in [4.78, 5) is 12.2. The summed E-state index contributed by atoms with van der Waals surface area (Å²) in [5.74, 6) is 0.955. The van der Waals surface area contributed by atoms with Crippen molar-refractivity contribution in [1.82, 2.24) is 0 Å². The van der Waals surface area contributed by atoms with E-state index in [1.54, 1.807) is 12.1 Å². The lowest BCUT2D eigenvalue weighted by Crippen LogP contribution is -2.25. The zero-order valence-electron chi connectivity index (χ0n) is 14.0. The summed E-state index contributed by atoms with van der Waals surface area (Å²) < 4.78 is 17.0. The molecule has 4 heteroatoms. The van der Waals surface area contributed by atoms with Gasteiger partial charge in [-0.05, 0) is 43.7 Å². The molecular formula is C19H26O4. The zero-order chi connectivity index (χ0) is 16.2. The smallest absolute Gasteiger partial charge is 0.338 e. The Labute approximate surface area is 138 Å². The fourth-order valence-electron chi connectivity index (χ4n) is 3.14. The van der Waals surface area contributed by atoms with Crippen molar-refractivity contribution in [2.75, 3.05) is 13.2 Å². The molecule has 0 unspecified atom stereocenters. The maximum atomic E-state index is 12.2. The predicted octanol–water partition coefficient (Wildman–Crippen LogP) is 4.10. The van der Waals surface area contributed by atoms with Gasteiger partial charge in [0.1, 0.15) is 6.10 Å². The lowest BCUT2D eigenvalue weighted by molar-refractivity contribution is -0.202. The fourth-order valence-corrected chi connectivity index (χ4v) is 3.14. The molecule has 1 aliphatic carbocycles. The Kier molecular flexibility index (Phi) is 5.34. The van der Waals surface area contributed by atoms with Crippen LogP contribution < -0.4 is 0 Å². The number of hydrogen-bond donors (Lipinski definition) is 0. The summed E-state index contributed by atoms with van der Waals surface area (Å²) in [5, 5.41) is 0. The Balaban J connectivity index is 1.55. The molecule has 0 aromatic heterocycles. The van der Waals surface area contributed by atoms with Crippen molar-refractivity contribution in [2.45, 2.75) is 51.9 Å². The molecule has 1 aliphatic heterocycles. The molecule has 1 heterocycles. The number of ether oxygens (including phenoxy) is 3. The Bertz CT molecular complexity index is 509. The van der Waals surface area contributed by atoms with E-state index in [2.05, 4.69) is 13.8 Å². The second-order valence-electron chi connectivity index (χ2n) is 7.01. The van der Waals surface area contributed by atoms with Gasteiger partial charge in [0.25, 0.3) is 0 Å². The van der Waals surface area contributed by atoms with Gasteiger partial charge in [-0.1, -0.05) is 26.0 Å². The quantitative estimate of drug-likeness (QED) is 0.787. The number of carbonyl (C=O) groups is 1. The van der Waals surface area contributed by atoms with Crippen LogP contribution in [0.4, 0.5) is 0 Å². The molecule has 2 fully saturated rings. The van der Waals surface area contributed by atoms with Gasteiger partial charge in [0, 0.05) is 11.5 Å². The van der Waals surface area contributed by atoms with Gasteiger partial charge in [-0.15, -0.1) is 0 Å². The van der Waals surface area contributed by atoms with Crippen LogP contribution in [0, 0.1) is 11.8 Å². The van der Waals surface area contributed by atoms with Crippen LogP contribution in [0.2, 0.25) is 0 Å². The summed E-state index contributed by atoms with van der Waals surface area (Å²) in [7, 11) is 0. The molecule has 0 radical (unpaired) electrons. The van der Waals surface area contributed by atoms with E-state index in [-0.39, 0.29) is 18.4 Å². The summed E-state index contributed by atoms with van der Waals surface area (Å²) in [6.07, 6.45) is 4.00. The van der Waals surface area contributed by atoms with Crippen LogP contribution >= 0.6 is 0 Å². The zero-order valence-corrected chi connectivity index (χ0v) is 14.0. The highest BCUT2D eigenvalue weighted by Gasteiger charge is 2.23. The second kappa shape index (κ2) is 7.45. The fraction of sp³-hybridized carbons (Fsp3) is 0.632. The Morgan fingerprint density at radius 3 is 2.17 bits per heavy atom. The van der Waals surface area contributed by atoms with Crippen LogP contribution in [0.15, 0.2) is 24.3 Å². The van der Waals surface area contributed by atoms with Gasteiger partial charge in [-0.3, -0.25) is 0 Å². The lowest BCUT2D eigenvalue weighted by atomic mass is 9.89. The standard InChI is InChI=1S/C19H26O4/c1-13-3-9-17(10-4-13)23-18(20)15-5-7-16(8-6-15)19-21-11-14(2)12-22-19/h5-8,13-14,17,19H,3-4,9-12H2,1-2H3. The van der Waals surface area contributed by atoms with Crippen LogP contribution in [-0.2, 0) is 14.2 Å².